The molecule has 1 aliphatic heterocycles. The van der Waals surface area contributed by atoms with E-state index in [-0.39, 0.29) is 5.91 Å². The Morgan fingerprint density at radius 3 is 2.77 bits per heavy atom. The zero-order valence-electron chi connectivity index (χ0n) is 18.9. The van der Waals surface area contributed by atoms with Gasteiger partial charge in [-0.3, -0.25) is 14.4 Å². The summed E-state index contributed by atoms with van der Waals surface area (Å²) in [6, 6.07) is 5.80. The second-order valence-electron chi connectivity index (χ2n) is 8.75. The number of fused-ring (bicyclic) bond motifs is 1. The van der Waals surface area contributed by atoms with Crippen LogP contribution in [-0.2, 0) is 29.0 Å². The molecule has 0 saturated carbocycles. The molecule has 8 nitrogen and oxygen atoms in total. The monoisotopic (exact) mass is 424 g/mol. The molecule has 1 amide bonds. The highest BCUT2D eigenvalue weighted by Gasteiger charge is 2.17. The van der Waals surface area contributed by atoms with Gasteiger partial charge in [-0.05, 0) is 38.0 Å². The SMILES string of the molecule is Cc1nn(CC(C)C)c(C)c1CC(=O)Nc1ccc2nc(CN3CCOCC3)[nH]c2c1. The Hall–Kier alpha value is -2.71. The Balaban J connectivity index is 1.42. The number of carbonyl (C=O) groups excluding carboxylic acids is 1. The normalized spacial score (nSPS) is 15.1. The lowest BCUT2D eigenvalue weighted by molar-refractivity contribution is -0.115. The molecule has 2 aromatic heterocycles. The number of aromatic amines is 1. The number of H-pyrrole nitrogens is 1. The van der Waals surface area contributed by atoms with Crippen LogP contribution in [0.15, 0.2) is 18.2 Å². The van der Waals surface area contributed by atoms with E-state index in [2.05, 4.69) is 39.1 Å². The van der Waals surface area contributed by atoms with Crippen molar-refractivity contribution in [3.05, 3.63) is 41.0 Å². The van der Waals surface area contributed by atoms with Crippen molar-refractivity contribution >= 4 is 22.6 Å². The van der Waals surface area contributed by atoms with Crippen molar-refractivity contribution in [2.45, 2.75) is 47.2 Å². The summed E-state index contributed by atoms with van der Waals surface area (Å²) in [6.45, 7) is 13.4. The van der Waals surface area contributed by atoms with E-state index in [1.54, 1.807) is 0 Å². The topological polar surface area (TPSA) is 88.1 Å². The number of imidazole rings is 1. The van der Waals surface area contributed by atoms with Gasteiger partial charge in [-0.15, -0.1) is 0 Å². The number of nitrogens with one attached hydrogen (secondary N) is 2. The summed E-state index contributed by atoms with van der Waals surface area (Å²) in [7, 11) is 0. The van der Waals surface area contributed by atoms with Gasteiger partial charge in [0.2, 0.25) is 5.91 Å². The van der Waals surface area contributed by atoms with Crippen molar-refractivity contribution < 1.29 is 9.53 Å². The Morgan fingerprint density at radius 2 is 2.03 bits per heavy atom. The van der Waals surface area contributed by atoms with Gasteiger partial charge in [0.25, 0.3) is 0 Å². The summed E-state index contributed by atoms with van der Waals surface area (Å²) in [4.78, 5) is 23.1. The van der Waals surface area contributed by atoms with E-state index in [9.17, 15) is 4.79 Å². The van der Waals surface area contributed by atoms with E-state index in [0.29, 0.717) is 12.3 Å². The van der Waals surface area contributed by atoms with Crippen LogP contribution in [0.3, 0.4) is 0 Å². The number of hydrogen-bond donors (Lipinski definition) is 2. The molecule has 0 aliphatic carbocycles. The standard InChI is InChI=1S/C23H32N6O2/c1-15(2)13-29-17(4)19(16(3)27-29)12-23(30)24-18-5-6-20-21(11-18)26-22(25-20)14-28-7-9-31-10-8-28/h5-6,11,15H,7-10,12-14H2,1-4H3,(H,24,30)(H,25,26). The number of morpholine rings is 1. The summed E-state index contributed by atoms with van der Waals surface area (Å²) in [5.74, 6) is 1.40. The van der Waals surface area contributed by atoms with Gasteiger partial charge in [-0.25, -0.2) is 4.98 Å². The van der Waals surface area contributed by atoms with Crippen molar-refractivity contribution in [3.63, 3.8) is 0 Å². The Labute approximate surface area is 183 Å². The average molecular weight is 425 g/mol. The van der Waals surface area contributed by atoms with Gasteiger partial charge in [0.1, 0.15) is 5.82 Å². The molecule has 31 heavy (non-hydrogen) atoms. The maximum atomic E-state index is 12.7. The maximum Gasteiger partial charge on any atom is 0.228 e. The second-order valence-corrected chi connectivity index (χ2v) is 8.75. The molecule has 4 rings (SSSR count). The highest BCUT2D eigenvalue weighted by Crippen LogP contribution is 2.20. The molecule has 1 aromatic carbocycles. The third-order valence-electron chi connectivity index (χ3n) is 5.70. The van der Waals surface area contributed by atoms with E-state index in [4.69, 9.17) is 4.74 Å². The van der Waals surface area contributed by atoms with E-state index in [0.717, 1.165) is 78.9 Å². The minimum Gasteiger partial charge on any atom is -0.379 e. The fourth-order valence-electron chi connectivity index (χ4n) is 4.07. The fourth-order valence-corrected chi connectivity index (χ4v) is 4.07. The number of aryl methyl sites for hydroxylation is 1. The van der Waals surface area contributed by atoms with Crippen molar-refractivity contribution in [2.75, 3.05) is 31.6 Å². The fraction of sp³-hybridized carbons (Fsp3) is 0.522. The first-order valence-corrected chi connectivity index (χ1v) is 11.0. The predicted octanol–water partition coefficient (Wildman–Crippen LogP) is 3.05. The third kappa shape index (κ3) is 5.14. The van der Waals surface area contributed by atoms with Crippen LogP contribution in [0.25, 0.3) is 11.0 Å². The molecule has 3 heterocycles. The number of nitrogens with zero attached hydrogens (tertiary/aromatic N) is 4. The van der Waals surface area contributed by atoms with Crippen molar-refractivity contribution in [3.8, 4) is 0 Å². The first-order chi connectivity index (χ1) is 14.9. The zero-order chi connectivity index (χ0) is 22.0. The number of ether oxygens (including phenoxy) is 1. The number of amides is 1. The van der Waals surface area contributed by atoms with Crippen LogP contribution in [0.4, 0.5) is 5.69 Å². The predicted molar refractivity (Wildman–Crippen MR) is 121 cm³/mol. The molecule has 1 aliphatic rings. The summed E-state index contributed by atoms with van der Waals surface area (Å²) in [5.41, 5.74) is 5.60. The van der Waals surface area contributed by atoms with Crippen LogP contribution in [0.1, 0.15) is 36.6 Å². The number of hydrogen-bond acceptors (Lipinski definition) is 5. The van der Waals surface area contributed by atoms with Crippen molar-refractivity contribution in [1.29, 1.82) is 0 Å². The zero-order valence-corrected chi connectivity index (χ0v) is 18.9. The van der Waals surface area contributed by atoms with Crippen LogP contribution in [-0.4, -0.2) is 56.9 Å². The number of anilines is 1. The van der Waals surface area contributed by atoms with E-state index in [1.807, 2.05) is 36.7 Å². The van der Waals surface area contributed by atoms with Crippen molar-refractivity contribution in [1.82, 2.24) is 24.6 Å². The van der Waals surface area contributed by atoms with E-state index in [1.165, 1.54) is 0 Å². The highest BCUT2D eigenvalue weighted by molar-refractivity contribution is 5.94. The first kappa shape index (κ1) is 21.5. The van der Waals surface area contributed by atoms with Gasteiger partial charge in [0.15, 0.2) is 0 Å². The third-order valence-corrected chi connectivity index (χ3v) is 5.70. The van der Waals surface area contributed by atoms with Gasteiger partial charge < -0.3 is 15.0 Å². The number of benzene rings is 1. The minimum atomic E-state index is -0.0392. The maximum absolute atomic E-state index is 12.7. The van der Waals surface area contributed by atoms with Gasteiger partial charge in [0.05, 0.1) is 42.9 Å². The number of rotatable bonds is 7. The Bertz CT molecular complexity index is 1060. The van der Waals surface area contributed by atoms with Gasteiger partial charge in [-0.2, -0.15) is 5.10 Å². The van der Waals surface area contributed by atoms with E-state index < -0.39 is 0 Å². The summed E-state index contributed by atoms with van der Waals surface area (Å²) < 4.78 is 7.42. The first-order valence-electron chi connectivity index (χ1n) is 11.0. The molecule has 0 bridgehead atoms. The number of carbonyl (C=O) groups is 1. The molecular weight excluding hydrogens is 392 g/mol. The molecule has 1 fully saturated rings. The molecular formula is C23H32N6O2. The average Bonchev–Trinajstić information content (AvgIpc) is 3.23. The Morgan fingerprint density at radius 1 is 1.26 bits per heavy atom. The molecule has 3 aromatic rings. The van der Waals surface area contributed by atoms with Gasteiger partial charge in [-0.1, -0.05) is 13.8 Å². The minimum absolute atomic E-state index is 0.0392. The molecule has 2 N–H and O–H groups in total. The lowest BCUT2D eigenvalue weighted by Gasteiger charge is -2.25. The Kier molecular flexibility index (Phi) is 6.38. The van der Waals surface area contributed by atoms with Crippen LogP contribution in [0.5, 0.6) is 0 Å². The lowest BCUT2D eigenvalue weighted by Crippen LogP contribution is -2.35. The molecule has 0 radical (unpaired) electrons. The summed E-state index contributed by atoms with van der Waals surface area (Å²) >= 11 is 0. The van der Waals surface area contributed by atoms with Crippen molar-refractivity contribution in [2.24, 2.45) is 5.92 Å². The molecule has 0 atom stereocenters. The van der Waals surface area contributed by atoms with Gasteiger partial charge in [0, 0.05) is 36.6 Å². The van der Waals surface area contributed by atoms with Crippen LogP contribution in [0, 0.1) is 19.8 Å². The van der Waals surface area contributed by atoms with Crippen LogP contribution >= 0.6 is 0 Å². The molecule has 8 heteroatoms. The summed E-state index contributed by atoms with van der Waals surface area (Å²) in [5, 5.41) is 7.64. The van der Waals surface area contributed by atoms with E-state index >= 15 is 0 Å². The largest absolute Gasteiger partial charge is 0.379 e. The molecule has 0 unspecified atom stereocenters. The molecule has 1 saturated heterocycles. The second kappa shape index (κ2) is 9.20. The van der Waals surface area contributed by atoms with Crippen LogP contribution in [0.2, 0.25) is 0 Å². The quantitative estimate of drug-likeness (QED) is 0.609. The smallest absolute Gasteiger partial charge is 0.228 e. The lowest BCUT2D eigenvalue weighted by atomic mass is 10.1. The summed E-state index contributed by atoms with van der Waals surface area (Å²) in [6.07, 6.45) is 0.319. The number of aromatic nitrogens is 4. The highest BCUT2D eigenvalue weighted by atomic mass is 16.5. The molecule has 166 valence electrons. The van der Waals surface area contributed by atoms with Crippen LogP contribution < -0.4 is 5.32 Å². The van der Waals surface area contributed by atoms with Gasteiger partial charge >= 0.3 is 0 Å². The molecule has 0 spiro atoms.